The fourth-order valence-corrected chi connectivity index (χ4v) is 2.54. The Balaban J connectivity index is 1.64. The van der Waals surface area contributed by atoms with E-state index < -0.39 is 6.10 Å². The fourth-order valence-electron chi connectivity index (χ4n) is 2.54. The topological polar surface area (TPSA) is 67.5 Å². The van der Waals surface area contributed by atoms with E-state index in [9.17, 15) is 4.79 Å². The number of imidazole rings is 1. The number of methoxy groups -OCH3 is 1. The third-order valence-corrected chi connectivity index (χ3v) is 3.76. The SMILES string of the molecule is COc1ccc(CN2CCO[C@@H](Cc3cnc[nH]3)C2=O)cc1. The van der Waals surface area contributed by atoms with Gasteiger partial charge < -0.3 is 19.4 Å². The lowest BCUT2D eigenvalue weighted by Crippen LogP contribution is -2.48. The van der Waals surface area contributed by atoms with E-state index in [1.807, 2.05) is 29.2 Å². The van der Waals surface area contributed by atoms with Crippen molar-refractivity contribution >= 4 is 5.91 Å². The molecule has 1 saturated heterocycles. The Morgan fingerprint density at radius 2 is 2.23 bits per heavy atom. The average molecular weight is 301 g/mol. The molecule has 1 atom stereocenters. The van der Waals surface area contributed by atoms with E-state index in [0.717, 1.165) is 17.0 Å². The number of H-pyrrole nitrogens is 1. The summed E-state index contributed by atoms with van der Waals surface area (Å²) in [6, 6.07) is 7.77. The zero-order valence-corrected chi connectivity index (χ0v) is 12.5. The highest BCUT2D eigenvalue weighted by molar-refractivity contribution is 5.81. The molecule has 1 aromatic heterocycles. The lowest BCUT2D eigenvalue weighted by Gasteiger charge is -2.32. The smallest absolute Gasteiger partial charge is 0.252 e. The summed E-state index contributed by atoms with van der Waals surface area (Å²) in [6.07, 6.45) is 3.42. The van der Waals surface area contributed by atoms with Crippen molar-refractivity contribution in [3.63, 3.8) is 0 Å². The van der Waals surface area contributed by atoms with Crippen molar-refractivity contribution in [3.8, 4) is 5.75 Å². The van der Waals surface area contributed by atoms with E-state index >= 15 is 0 Å². The first-order valence-corrected chi connectivity index (χ1v) is 7.27. The fraction of sp³-hybridized carbons (Fsp3) is 0.375. The van der Waals surface area contributed by atoms with Gasteiger partial charge in [0.25, 0.3) is 5.91 Å². The molecule has 3 rings (SSSR count). The molecule has 0 spiro atoms. The Hall–Kier alpha value is -2.34. The van der Waals surface area contributed by atoms with Crippen LogP contribution in [-0.4, -0.2) is 47.1 Å². The van der Waals surface area contributed by atoms with Crippen molar-refractivity contribution in [1.29, 1.82) is 0 Å². The van der Waals surface area contributed by atoms with Gasteiger partial charge in [0, 0.05) is 31.4 Å². The first kappa shape index (κ1) is 14.6. The van der Waals surface area contributed by atoms with Crippen molar-refractivity contribution in [1.82, 2.24) is 14.9 Å². The van der Waals surface area contributed by atoms with Crippen molar-refractivity contribution in [2.45, 2.75) is 19.1 Å². The van der Waals surface area contributed by atoms with E-state index in [-0.39, 0.29) is 5.91 Å². The Bertz CT molecular complexity index is 610. The van der Waals surface area contributed by atoms with Gasteiger partial charge in [0.1, 0.15) is 11.9 Å². The number of hydrogen-bond donors (Lipinski definition) is 1. The number of benzene rings is 1. The lowest BCUT2D eigenvalue weighted by atomic mass is 10.1. The maximum absolute atomic E-state index is 12.5. The Labute approximate surface area is 129 Å². The van der Waals surface area contributed by atoms with Gasteiger partial charge in [-0.25, -0.2) is 4.98 Å². The van der Waals surface area contributed by atoms with Crippen LogP contribution in [0.15, 0.2) is 36.8 Å². The normalized spacial score (nSPS) is 18.5. The van der Waals surface area contributed by atoms with E-state index in [0.29, 0.717) is 26.1 Å². The largest absolute Gasteiger partial charge is 0.497 e. The number of ether oxygens (including phenoxy) is 2. The minimum absolute atomic E-state index is 0.0247. The highest BCUT2D eigenvalue weighted by atomic mass is 16.5. The molecule has 0 radical (unpaired) electrons. The molecule has 2 heterocycles. The van der Waals surface area contributed by atoms with E-state index in [2.05, 4.69) is 9.97 Å². The Morgan fingerprint density at radius 1 is 1.41 bits per heavy atom. The van der Waals surface area contributed by atoms with E-state index in [1.54, 1.807) is 19.6 Å². The van der Waals surface area contributed by atoms with Crippen LogP contribution in [0.25, 0.3) is 0 Å². The highest BCUT2D eigenvalue weighted by Gasteiger charge is 2.30. The average Bonchev–Trinajstić information content (AvgIpc) is 3.05. The number of aromatic nitrogens is 2. The summed E-state index contributed by atoms with van der Waals surface area (Å²) < 4.78 is 10.8. The van der Waals surface area contributed by atoms with E-state index in [4.69, 9.17) is 9.47 Å². The number of carbonyl (C=O) groups excluding carboxylic acids is 1. The summed E-state index contributed by atoms with van der Waals surface area (Å²) in [7, 11) is 1.64. The maximum Gasteiger partial charge on any atom is 0.252 e. The molecule has 1 aliphatic heterocycles. The van der Waals surface area contributed by atoms with Crippen molar-refractivity contribution < 1.29 is 14.3 Å². The second kappa shape index (κ2) is 6.62. The first-order valence-electron chi connectivity index (χ1n) is 7.27. The van der Waals surface area contributed by atoms with Crippen LogP contribution in [0.2, 0.25) is 0 Å². The first-order chi connectivity index (χ1) is 10.8. The van der Waals surface area contributed by atoms with Crippen LogP contribution in [0.3, 0.4) is 0 Å². The molecule has 6 nitrogen and oxygen atoms in total. The summed E-state index contributed by atoms with van der Waals surface area (Å²) in [5.41, 5.74) is 1.99. The Morgan fingerprint density at radius 3 is 2.91 bits per heavy atom. The Kier molecular flexibility index (Phi) is 4.39. The number of nitrogens with one attached hydrogen (secondary N) is 1. The molecule has 1 amide bonds. The number of nitrogens with zero attached hydrogens (tertiary/aromatic N) is 2. The minimum atomic E-state index is -0.438. The maximum atomic E-state index is 12.5. The number of amides is 1. The molecule has 0 unspecified atom stereocenters. The van der Waals surface area contributed by atoms with Crippen LogP contribution in [0.5, 0.6) is 5.75 Å². The molecule has 116 valence electrons. The predicted octanol–water partition coefficient (Wildman–Crippen LogP) is 1.39. The van der Waals surface area contributed by atoms with Crippen LogP contribution < -0.4 is 4.74 Å². The number of aromatic amines is 1. The van der Waals surface area contributed by atoms with Crippen molar-refractivity contribution in [3.05, 3.63) is 48.0 Å². The van der Waals surface area contributed by atoms with Crippen molar-refractivity contribution in [2.24, 2.45) is 0 Å². The monoisotopic (exact) mass is 301 g/mol. The van der Waals surface area contributed by atoms with Crippen LogP contribution >= 0.6 is 0 Å². The van der Waals surface area contributed by atoms with Gasteiger partial charge in [-0.05, 0) is 17.7 Å². The molecule has 1 aromatic carbocycles. The third-order valence-electron chi connectivity index (χ3n) is 3.76. The molecule has 0 bridgehead atoms. The van der Waals surface area contributed by atoms with E-state index in [1.165, 1.54) is 0 Å². The molecule has 1 aliphatic rings. The zero-order chi connectivity index (χ0) is 15.4. The van der Waals surface area contributed by atoms with Crippen LogP contribution in [-0.2, 0) is 22.5 Å². The quantitative estimate of drug-likeness (QED) is 0.906. The van der Waals surface area contributed by atoms with Gasteiger partial charge in [-0.15, -0.1) is 0 Å². The van der Waals surface area contributed by atoms with Crippen LogP contribution in [0, 0.1) is 0 Å². The number of carbonyl (C=O) groups is 1. The molecule has 1 N–H and O–H groups in total. The molecule has 1 fully saturated rings. The van der Waals surface area contributed by atoms with Gasteiger partial charge in [-0.1, -0.05) is 12.1 Å². The summed E-state index contributed by atoms with van der Waals surface area (Å²) in [5.74, 6) is 0.839. The molecular formula is C16H19N3O3. The number of morpholine rings is 1. The van der Waals surface area contributed by atoms with Crippen molar-refractivity contribution in [2.75, 3.05) is 20.3 Å². The summed E-state index contributed by atoms with van der Waals surface area (Å²) in [4.78, 5) is 21.3. The molecule has 22 heavy (non-hydrogen) atoms. The molecule has 0 aliphatic carbocycles. The number of rotatable bonds is 5. The van der Waals surface area contributed by atoms with Crippen LogP contribution in [0.1, 0.15) is 11.3 Å². The third kappa shape index (κ3) is 3.28. The second-order valence-electron chi connectivity index (χ2n) is 5.25. The predicted molar refractivity (Wildman–Crippen MR) is 80.4 cm³/mol. The summed E-state index contributed by atoms with van der Waals surface area (Å²) >= 11 is 0. The lowest BCUT2D eigenvalue weighted by molar-refractivity contribution is -0.153. The minimum Gasteiger partial charge on any atom is -0.497 e. The molecule has 6 heteroatoms. The molecule has 2 aromatic rings. The van der Waals surface area contributed by atoms with Gasteiger partial charge in [0.05, 0.1) is 20.0 Å². The molecule has 0 saturated carbocycles. The standard InChI is InChI=1S/C16H19N3O3/c1-21-14-4-2-12(3-5-14)10-19-6-7-22-15(16(19)20)8-13-9-17-11-18-13/h2-5,9,11,15H,6-8,10H2,1H3,(H,17,18)/t15-/m0/s1. The van der Waals surface area contributed by atoms with Gasteiger partial charge in [-0.2, -0.15) is 0 Å². The van der Waals surface area contributed by atoms with Crippen LogP contribution in [0.4, 0.5) is 0 Å². The number of hydrogen-bond acceptors (Lipinski definition) is 4. The second-order valence-corrected chi connectivity index (χ2v) is 5.25. The molecular weight excluding hydrogens is 282 g/mol. The summed E-state index contributed by atoms with van der Waals surface area (Å²) in [5, 5.41) is 0. The van der Waals surface area contributed by atoms with Gasteiger partial charge >= 0.3 is 0 Å². The van der Waals surface area contributed by atoms with Gasteiger partial charge in [0.15, 0.2) is 0 Å². The highest BCUT2D eigenvalue weighted by Crippen LogP contribution is 2.17. The van der Waals surface area contributed by atoms with Gasteiger partial charge in [0.2, 0.25) is 0 Å². The zero-order valence-electron chi connectivity index (χ0n) is 12.5. The summed E-state index contributed by atoms with van der Waals surface area (Å²) in [6.45, 7) is 1.76. The van der Waals surface area contributed by atoms with Gasteiger partial charge in [-0.3, -0.25) is 4.79 Å².